The number of thiophene rings is 1. The van der Waals surface area contributed by atoms with Crippen LogP contribution in [0.25, 0.3) is 10.2 Å². The fourth-order valence-electron chi connectivity index (χ4n) is 3.59. The van der Waals surface area contributed by atoms with Crippen molar-refractivity contribution in [3.63, 3.8) is 0 Å². The van der Waals surface area contributed by atoms with Crippen LogP contribution in [0, 0.1) is 13.8 Å². The molecule has 13 heteroatoms. The van der Waals surface area contributed by atoms with Gasteiger partial charge in [-0.05, 0) is 44.5 Å². The third kappa shape index (κ3) is 4.14. The molecule has 0 unspecified atom stereocenters. The van der Waals surface area contributed by atoms with E-state index in [0.717, 1.165) is 34.4 Å². The minimum Gasteiger partial charge on any atom is -0.448 e. The predicted molar refractivity (Wildman–Crippen MR) is 117 cm³/mol. The van der Waals surface area contributed by atoms with Crippen molar-refractivity contribution in [1.29, 1.82) is 0 Å². The highest BCUT2D eigenvalue weighted by molar-refractivity contribution is 7.20. The number of fused-ring (bicyclic) bond motifs is 2. The number of alkyl halides is 3. The summed E-state index contributed by atoms with van der Waals surface area (Å²) in [5.74, 6) is -1.99. The van der Waals surface area contributed by atoms with E-state index in [0.29, 0.717) is 16.2 Å². The summed E-state index contributed by atoms with van der Waals surface area (Å²) in [4.78, 5) is 58.2. The lowest BCUT2D eigenvalue weighted by Gasteiger charge is -2.31. The molecule has 4 rings (SSSR count). The molecular weight excluding hydrogens is 477 g/mol. The number of halogens is 3. The summed E-state index contributed by atoms with van der Waals surface area (Å²) >= 11 is 0.941. The average molecular weight is 494 g/mol. The van der Waals surface area contributed by atoms with E-state index in [9.17, 15) is 32.3 Å². The van der Waals surface area contributed by atoms with Crippen LogP contribution in [0.4, 0.5) is 24.5 Å². The maximum absolute atomic E-state index is 13.0. The Balaban J connectivity index is 1.59. The van der Waals surface area contributed by atoms with Crippen LogP contribution in [0.3, 0.4) is 0 Å². The van der Waals surface area contributed by atoms with Gasteiger partial charge in [0.25, 0.3) is 11.5 Å². The van der Waals surface area contributed by atoms with E-state index in [-0.39, 0.29) is 21.6 Å². The van der Waals surface area contributed by atoms with Gasteiger partial charge < -0.3 is 15.0 Å². The second kappa shape index (κ2) is 8.24. The summed E-state index contributed by atoms with van der Waals surface area (Å²) in [6.07, 6.45) is -6.00. The van der Waals surface area contributed by atoms with Crippen LogP contribution in [-0.4, -0.2) is 40.4 Å². The summed E-state index contributed by atoms with van der Waals surface area (Å²) in [5.41, 5.74) is -1.18. The normalized spacial score (nSPS) is 14.5. The van der Waals surface area contributed by atoms with Crippen LogP contribution in [-0.2, 0) is 20.5 Å². The maximum Gasteiger partial charge on any atom is 0.416 e. The summed E-state index contributed by atoms with van der Waals surface area (Å²) in [7, 11) is 0. The number of ether oxygens (including phenoxy) is 1. The van der Waals surface area contributed by atoms with Crippen LogP contribution < -0.4 is 15.8 Å². The Morgan fingerprint density at radius 1 is 1.24 bits per heavy atom. The third-order valence-electron chi connectivity index (χ3n) is 5.19. The molecule has 0 bridgehead atoms. The number of amides is 2. The van der Waals surface area contributed by atoms with Crippen molar-refractivity contribution in [3.05, 3.63) is 50.4 Å². The van der Waals surface area contributed by atoms with Gasteiger partial charge in [-0.1, -0.05) is 0 Å². The van der Waals surface area contributed by atoms with Gasteiger partial charge in [0.05, 0.1) is 22.3 Å². The summed E-state index contributed by atoms with van der Waals surface area (Å²) < 4.78 is 44.4. The number of carbonyl (C=O) groups excluding carboxylic acids is 3. The molecule has 2 amide bonds. The van der Waals surface area contributed by atoms with E-state index in [1.54, 1.807) is 13.8 Å². The van der Waals surface area contributed by atoms with Gasteiger partial charge in [-0.25, -0.2) is 9.78 Å². The Labute approximate surface area is 193 Å². The lowest BCUT2D eigenvalue weighted by molar-refractivity contribution is -0.137. The topological polar surface area (TPSA) is 121 Å². The van der Waals surface area contributed by atoms with Crippen molar-refractivity contribution in [2.45, 2.75) is 33.1 Å². The average Bonchev–Trinajstić information content (AvgIpc) is 3.07. The Hall–Kier alpha value is -3.74. The minimum absolute atomic E-state index is 0.0461. The van der Waals surface area contributed by atoms with Gasteiger partial charge in [0.1, 0.15) is 22.1 Å². The third-order valence-corrected chi connectivity index (χ3v) is 6.36. The molecule has 3 aromatic rings. The number of aromatic nitrogens is 2. The molecule has 178 valence electrons. The second-order valence-electron chi connectivity index (χ2n) is 7.64. The van der Waals surface area contributed by atoms with Gasteiger partial charge >= 0.3 is 12.1 Å². The maximum atomic E-state index is 13.0. The number of aromatic amines is 1. The van der Waals surface area contributed by atoms with Crippen molar-refractivity contribution in [2.24, 2.45) is 0 Å². The summed E-state index contributed by atoms with van der Waals surface area (Å²) in [6.45, 7) is 3.98. The zero-order valence-corrected chi connectivity index (χ0v) is 18.8. The molecule has 1 aliphatic heterocycles. The fourth-order valence-corrected chi connectivity index (χ4v) is 4.70. The fraction of sp³-hybridized carbons (Fsp3) is 0.286. The highest BCUT2D eigenvalue weighted by atomic mass is 32.1. The number of hydrogen-bond acceptors (Lipinski definition) is 7. The van der Waals surface area contributed by atoms with E-state index >= 15 is 0 Å². The zero-order valence-electron chi connectivity index (χ0n) is 18.0. The van der Waals surface area contributed by atoms with Crippen LogP contribution >= 0.6 is 11.3 Å². The molecule has 1 aliphatic rings. The van der Waals surface area contributed by atoms with Crippen molar-refractivity contribution in [3.8, 4) is 0 Å². The summed E-state index contributed by atoms with van der Waals surface area (Å²) in [6, 6.07) is 2.59. The Morgan fingerprint density at radius 3 is 2.62 bits per heavy atom. The monoisotopic (exact) mass is 494 g/mol. The first-order valence-electron chi connectivity index (χ1n) is 9.90. The predicted octanol–water partition coefficient (Wildman–Crippen LogP) is 3.15. The first kappa shape index (κ1) is 23.4. The number of rotatable bonds is 3. The van der Waals surface area contributed by atoms with E-state index in [1.807, 2.05) is 0 Å². The van der Waals surface area contributed by atoms with Crippen molar-refractivity contribution < 1.29 is 32.3 Å². The number of nitrogens with zero attached hydrogens (tertiary/aromatic N) is 2. The van der Waals surface area contributed by atoms with Gasteiger partial charge in [-0.2, -0.15) is 13.2 Å². The summed E-state index contributed by atoms with van der Waals surface area (Å²) in [5, 5.41) is 2.56. The molecular formula is C21H17F3N4O5S. The van der Waals surface area contributed by atoms with Crippen LogP contribution in [0.15, 0.2) is 23.0 Å². The molecule has 0 radical (unpaired) electrons. The molecule has 1 aromatic carbocycles. The molecule has 0 aliphatic carbocycles. The largest absolute Gasteiger partial charge is 0.448 e. The molecule has 0 saturated carbocycles. The number of hydrogen-bond donors (Lipinski definition) is 2. The molecule has 0 fully saturated rings. The number of H-pyrrole nitrogens is 1. The molecule has 2 N–H and O–H groups in total. The van der Waals surface area contributed by atoms with Gasteiger partial charge in [0.2, 0.25) is 5.91 Å². The van der Waals surface area contributed by atoms with Crippen LogP contribution in [0.5, 0.6) is 0 Å². The minimum atomic E-state index is -4.63. The van der Waals surface area contributed by atoms with Crippen molar-refractivity contribution >= 4 is 50.7 Å². The number of anilines is 2. The second-order valence-corrected chi connectivity index (χ2v) is 8.64. The number of nitrogens with one attached hydrogen (secondary N) is 2. The lowest BCUT2D eigenvalue weighted by Crippen LogP contribution is -2.47. The first-order chi connectivity index (χ1) is 15.9. The Morgan fingerprint density at radius 2 is 1.94 bits per heavy atom. The highest BCUT2D eigenvalue weighted by Gasteiger charge is 2.36. The molecule has 9 nitrogen and oxygen atoms in total. The Kier molecular flexibility index (Phi) is 5.67. The molecule has 1 atom stereocenters. The quantitative estimate of drug-likeness (QED) is 0.540. The van der Waals surface area contributed by atoms with Crippen LogP contribution in [0.1, 0.15) is 33.5 Å². The van der Waals surface area contributed by atoms with E-state index < -0.39 is 47.7 Å². The molecule has 0 saturated heterocycles. The molecule has 34 heavy (non-hydrogen) atoms. The van der Waals surface area contributed by atoms with Gasteiger partial charge in [0, 0.05) is 0 Å². The van der Waals surface area contributed by atoms with Crippen molar-refractivity contribution in [1.82, 2.24) is 9.97 Å². The van der Waals surface area contributed by atoms with Gasteiger partial charge in [-0.3, -0.25) is 19.3 Å². The van der Waals surface area contributed by atoms with Gasteiger partial charge in [-0.15, -0.1) is 11.3 Å². The SMILES string of the molecule is Cc1nc2sc(C(=O)O[C@@H](C)C(=O)N3CC(=O)Nc4cc(C(F)(F)F)ccc43)c(C)c2c(=O)[nH]1. The standard InChI is InChI=1S/C21H17F3N4O5S/c1-8-15-17(30)25-10(3)26-18(15)34-16(8)20(32)33-9(2)19(31)28-7-14(29)27-12-6-11(21(22,23)24)4-5-13(12)28/h4-6,9H,7H2,1-3H3,(H,27,29)(H,25,26,30)/t9-/m0/s1. The number of benzene rings is 1. The smallest absolute Gasteiger partial charge is 0.416 e. The number of aryl methyl sites for hydroxylation is 2. The lowest BCUT2D eigenvalue weighted by atomic mass is 10.1. The zero-order chi connectivity index (χ0) is 24.9. The van der Waals surface area contributed by atoms with E-state index in [1.165, 1.54) is 6.92 Å². The molecule has 2 aromatic heterocycles. The molecule has 0 spiro atoms. The number of carbonyl (C=O) groups is 3. The Bertz CT molecular complexity index is 1410. The molecule has 3 heterocycles. The van der Waals surface area contributed by atoms with E-state index in [2.05, 4.69) is 15.3 Å². The van der Waals surface area contributed by atoms with Crippen LogP contribution in [0.2, 0.25) is 0 Å². The first-order valence-corrected chi connectivity index (χ1v) is 10.7. The van der Waals surface area contributed by atoms with Gasteiger partial charge in [0.15, 0.2) is 6.10 Å². The van der Waals surface area contributed by atoms with Crippen molar-refractivity contribution in [2.75, 3.05) is 16.8 Å². The van der Waals surface area contributed by atoms with E-state index in [4.69, 9.17) is 4.74 Å². The number of esters is 1. The highest BCUT2D eigenvalue weighted by Crippen LogP contribution is 2.37.